The molecule has 1 rings (SSSR count). The highest BCUT2D eigenvalue weighted by Crippen LogP contribution is 2.32. The van der Waals surface area contributed by atoms with Gasteiger partial charge >= 0.3 is 0 Å². The summed E-state index contributed by atoms with van der Waals surface area (Å²) in [6.45, 7) is 5.98. The van der Waals surface area contributed by atoms with Crippen LogP contribution in [-0.4, -0.2) is 10.2 Å². The largest absolute Gasteiger partial charge is 0.507 e. The van der Waals surface area contributed by atoms with Crippen molar-refractivity contribution in [2.24, 2.45) is 0 Å². The van der Waals surface area contributed by atoms with Gasteiger partial charge in [-0.2, -0.15) is 0 Å². The molecule has 0 amide bonds. The van der Waals surface area contributed by atoms with E-state index in [1.807, 2.05) is 32.9 Å². The molecule has 0 aliphatic carbocycles. The molecule has 0 unspecified atom stereocenters. The van der Waals surface area contributed by atoms with E-state index in [-0.39, 0.29) is 17.8 Å². The standard InChI is InChI=1S/C11H16O2/c1-11(2,3)9-6-4-5-8(7-12)10(9)13/h4-6,12-13H,7H2,1-3H3. The summed E-state index contributed by atoms with van der Waals surface area (Å²) in [5.41, 5.74) is 1.38. The molecule has 0 heterocycles. The Hall–Kier alpha value is -1.02. The molecule has 13 heavy (non-hydrogen) atoms. The highest BCUT2D eigenvalue weighted by molar-refractivity contribution is 5.43. The molecule has 2 nitrogen and oxygen atoms in total. The molecule has 0 spiro atoms. The first kappa shape index (κ1) is 10.1. The highest BCUT2D eigenvalue weighted by atomic mass is 16.3. The molecule has 0 aliphatic rings. The molecule has 0 radical (unpaired) electrons. The van der Waals surface area contributed by atoms with E-state index in [4.69, 9.17) is 5.11 Å². The van der Waals surface area contributed by atoms with Gasteiger partial charge in [0.05, 0.1) is 6.61 Å². The van der Waals surface area contributed by atoms with Crippen LogP contribution in [0.5, 0.6) is 5.75 Å². The van der Waals surface area contributed by atoms with Gasteiger partial charge in [-0.05, 0) is 11.0 Å². The SMILES string of the molecule is CC(C)(C)c1cccc(CO)c1O. The zero-order valence-corrected chi connectivity index (χ0v) is 8.33. The van der Waals surface area contributed by atoms with E-state index in [1.54, 1.807) is 6.07 Å². The summed E-state index contributed by atoms with van der Waals surface area (Å²) in [5.74, 6) is 0.220. The fourth-order valence-corrected chi connectivity index (χ4v) is 1.32. The predicted octanol–water partition coefficient (Wildman–Crippen LogP) is 2.18. The smallest absolute Gasteiger partial charge is 0.124 e. The molecule has 2 N–H and O–H groups in total. The second-order valence-corrected chi connectivity index (χ2v) is 4.22. The van der Waals surface area contributed by atoms with E-state index >= 15 is 0 Å². The van der Waals surface area contributed by atoms with Crippen LogP contribution >= 0.6 is 0 Å². The molecule has 0 aliphatic heterocycles. The van der Waals surface area contributed by atoms with Crippen molar-refractivity contribution in [3.8, 4) is 5.75 Å². The van der Waals surface area contributed by atoms with Crippen molar-refractivity contribution in [2.75, 3.05) is 0 Å². The Morgan fingerprint density at radius 2 is 1.85 bits per heavy atom. The lowest BCUT2D eigenvalue weighted by Gasteiger charge is -2.21. The minimum absolute atomic E-state index is 0.0880. The fraction of sp³-hybridized carbons (Fsp3) is 0.455. The third-order valence-electron chi connectivity index (χ3n) is 2.10. The Kier molecular flexibility index (Phi) is 2.62. The molecule has 0 bridgehead atoms. The van der Waals surface area contributed by atoms with Gasteiger partial charge < -0.3 is 10.2 Å². The van der Waals surface area contributed by atoms with Crippen molar-refractivity contribution in [3.05, 3.63) is 29.3 Å². The number of aliphatic hydroxyl groups excluding tert-OH is 1. The summed E-state index contributed by atoms with van der Waals surface area (Å²) >= 11 is 0. The van der Waals surface area contributed by atoms with Gasteiger partial charge in [-0.25, -0.2) is 0 Å². The average molecular weight is 180 g/mol. The lowest BCUT2D eigenvalue weighted by Crippen LogP contribution is -2.11. The van der Waals surface area contributed by atoms with Gasteiger partial charge in [-0.3, -0.25) is 0 Å². The third kappa shape index (κ3) is 2.01. The molecular weight excluding hydrogens is 164 g/mol. The Morgan fingerprint density at radius 3 is 2.31 bits per heavy atom. The summed E-state index contributed by atoms with van der Waals surface area (Å²) in [5, 5.41) is 18.7. The molecule has 0 fully saturated rings. The zero-order chi connectivity index (χ0) is 10.1. The maximum Gasteiger partial charge on any atom is 0.124 e. The van der Waals surface area contributed by atoms with Crippen LogP contribution in [0.3, 0.4) is 0 Å². The second-order valence-electron chi connectivity index (χ2n) is 4.22. The van der Waals surface area contributed by atoms with E-state index in [9.17, 15) is 5.11 Å². The summed E-state index contributed by atoms with van der Waals surface area (Å²) < 4.78 is 0. The Bertz CT molecular complexity index is 297. The first-order valence-electron chi connectivity index (χ1n) is 4.39. The number of rotatable bonds is 1. The molecule has 2 heteroatoms. The van der Waals surface area contributed by atoms with Gasteiger partial charge in [-0.15, -0.1) is 0 Å². The maximum absolute atomic E-state index is 9.76. The van der Waals surface area contributed by atoms with Crippen LogP contribution in [0.2, 0.25) is 0 Å². The summed E-state index contributed by atoms with van der Waals surface area (Å²) in [6.07, 6.45) is 0. The molecule has 1 aromatic rings. The number of aliphatic hydroxyl groups is 1. The second kappa shape index (κ2) is 3.38. The van der Waals surface area contributed by atoms with E-state index in [0.29, 0.717) is 5.56 Å². The van der Waals surface area contributed by atoms with Gasteiger partial charge in [0.2, 0.25) is 0 Å². The molecule has 1 aromatic carbocycles. The molecule has 0 saturated carbocycles. The first-order valence-corrected chi connectivity index (χ1v) is 4.39. The number of aromatic hydroxyl groups is 1. The summed E-state index contributed by atoms with van der Waals surface area (Å²) in [4.78, 5) is 0. The van der Waals surface area contributed by atoms with Crippen LogP contribution in [0.1, 0.15) is 31.9 Å². The summed E-state index contributed by atoms with van der Waals surface area (Å²) in [6, 6.07) is 5.46. The Labute approximate surface area is 78.8 Å². The number of phenols is 1. The normalized spacial score (nSPS) is 11.7. The Balaban J connectivity index is 3.24. The van der Waals surface area contributed by atoms with Crippen LogP contribution in [0.25, 0.3) is 0 Å². The van der Waals surface area contributed by atoms with Crippen LogP contribution in [0.15, 0.2) is 18.2 Å². The highest BCUT2D eigenvalue weighted by Gasteiger charge is 2.18. The maximum atomic E-state index is 9.76. The number of hydrogen-bond acceptors (Lipinski definition) is 2. The van der Waals surface area contributed by atoms with Gasteiger partial charge in [0.1, 0.15) is 5.75 Å². The van der Waals surface area contributed by atoms with Crippen LogP contribution in [0, 0.1) is 0 Å². The average Bonchev–Trinajstić information content (AvgIpc) is 2.02. The van der Waals surface area contributed by atoms with Crippen LogP contribution < -0.4 is 0 Å². The minimum Gasteiger partial charge on any atom is -0.507 e. The van der Waals surface area contributed by atoms with Crippen molar-refractivity contribution in [3.63, 3.8) is 0 Å². The first-order chi connectivity index (χ1) is 5.96. The van der Waals surface area contributed by atoms with Gasteiger partial charge in [-0.1, -0.05) is 39.0 Å². The predicted molar refractivity (Wildman–Crippen MR) is 52.7 cm³/mol. The molecule has 0 saturated heterocycles. The molecule has 0 aromatic heterocycles. The van der Waals surface area contributed by atoms with E-state index in [2.05, 4.69) is 0 Å². The quantitative estimate of drug-likeness (QED) is 0.695. The fourth-order valence-electron chi connectivity index (χ4n) is 1.32. The molecule has 0 atom stereocenters. The van der Waals surface area contributed by atoms with Crippen LogP contribution in [-0.2, 0) is 12.0 Å². The van der Waals surface area contributed by atoms with Crippen LogP contribution in [0.4, 0.5) is 0 Å². The topological polar surface area (TPSA) is 40.5 Å². The van der Waals surface area contributed by atoms with E-state index in [1.165, 1.54) is 0 Å². The lowest BCUT2D eigenvalue weighted by atomic mass is 9.85. The lowest BCUT2D eigenvalue weighted by molar-refractivity contribution is 0.274. The van der Waals surface area contributed by atoms with Crippen molar-refractivity contribution >= 4 is 0 Å². The minimum atomic E-state index is -0.115. The van der Waals surface area contributed by atoms with Gasteiger partial charge in [0, 0.05) is 5.56 Å². The molecular formula is C11H16O2. The third-order valence-corrected chi connectivity index (χ3v) is 2.10. The number of hydrogen-bond donors (Lipinski definition) is 2. The van der Waals surface area contributed by atoms with Crippen molar-refractivity contribution < 1.29 is 10.2 Å². The van der Waals surface area contributed by atoms with Crippen molar-refractivity contribution in [2.45, 2.75) is 32.8 Å². The number of para-hydroxylation sites is 1. The van der Waals surface area contributed by atoms with E-state index in [0.717, 1.165) is 5.56 Å². The van der Waals surface area contributed by atoms with Crippen molar-refractivity contribution in [1.29, 1.82) is 0 Å². The van der Waals surface area contributed by atoms with Gasteiger partial charge in [0.15, 0.2) is 0 Å². The monoisotopic (exact) mass is 180 g/mol. The molecule has 72 valence electrons. The number of benzene rings is 1. The summed E-state index contributed by atoms with van der Waals surface area (Å²) in [7, 11) is 0. The van der Waals surface area contributed by atoms with E-state index < -0.39 is 0 Å². The Morgan fingerprint density at radius 1 is 1.23 bits per heavy atom. The zero-order valence-electron chi connectivity index (χ0n) is 8.33. The van der Waals surface area contributed by atoms with Gasteiger partial charge in [0.25, 0.3) is 0 Å². The van der Waals surface area contributed by atoms with Crippen molar-refractivity contribution in [1.82, 2.24) is 0 Å².